The normalized spacial score (nSPS) is 11.8. The Bertz CT molecular complexity index is 578. The minimum Gasteiger partial charge on any atom is -0.424 e. The maximum Gasteiger partial charge on any atom is 0.226 e. The van der Waals surface area contributed by atoms with Gasteiger partial charge in [-0.2, -0.15) is 0 Å². The van der Waals surface area contributed by atoms with E-state index in [2.05, 4.69) is 10.2 Å². The van der Waals surface area contributed by atoms with Crippen molar-refractivity contribution < 1.29 is 4.42 Å². The van der Waals surface area contributed by atoms with Gasteiger partial charge in [-0.25, -0.2) is 0 Å². The standard InChI is InChI=1S/C13H16ClN3OS/c1-13(2,3)12-17-16-11(18-12)7-19-10-6-8(15)4-5-9(10)14/h4-6H,7,15H2,1-3H3. The zero-order valence-corrected chi connectivity index (χ0v) is 12.7. The molecule has 19 heavy (non-hydrogen) atoms. The van der Waals surface area contributed by atoms with Crippen molar-refractivity contribution in [2.45, 2.75) is 36.8 Å². The van der Waals surface area contributed by atoms with E-state index >= 15 is 0 Å². The van der Waals surface area contributed by atoms with E-state index in [0.717, 1.165) is 4.90 Å². The number of hydrogen-bond donors (Lipinski definition) is 1. The lowest BCUT2D eigenvalue weighted by molar-refractivity contribution is 0.378. The average Bonchev–Trinajstić information content (AvgIpc) is 2.79. The van der Waals surface area contributed by atoms with Crippen molar-refractivity contribution >= 4 is 29.1 Å². The predicted octanol–water partition coefficient (Wildman–Crippen LogP) is 3.90. The van der Waals surface area contributed by atoms with Gasteiger partial charge in [0.15, 0.2) is 0 Å². The Morgan fingerprint density at radius 1 is 1.32 bits per heavy atom. The summed E-state index contributed by atoms with van der Waals surface area (Å²) in [5.41, 5.74) is 6.29. The zero-order chi connectivity index (χ0) is 14.0. The first-order valence-corrected chi connectivity index (χ1v) is 7.23. The number of nitrogens with two attached hydrogens (primary N) is 1. The van der Waals surface area contributed by atoms with Crippen LogP contribution in [-0.2, 0) is 11.2 Å². The second-order valence-corrected chi connectivity index (χ2v) is 6.65. The molecule has 1 aromatic carbocycles. The van der Waals surface area contributed by atoms with Crippen LogP contribution < -0.4 is 5.73 Å². The van der Waals surface area contributed by atoms with Crippen molar-refractivity contribution in [1.82, 2.24) is 10.2 Å². The molecule has 102 valence electrons. The zero-order valence-electron chi connectivity index (χ0n) is 11.1. The van der Waals surface area contributed by atoms with Gasteiger partial charge in [0, 0.05) is 16.0 Å². The summed E-state index contributed by atoms with van der Waals surface area (Å²) in [6.45, 7) is 6.10. The van der Waals surface area contributed by atoms with E-state index < -0.39 is 0 Å². The Hall–Kier alpha value is -1.20. The number of nitrogen functional groups attached to an aromatic ring is 1. The van der Waals surface area contributed by atoms with Gasteiger partial charge in [-0.15, -0.1) is 22.0 Å². The van der Waals surface area contributed by atoms with Gasteiger partial charge < -0.3 is 10.2 Å². The first kappa shape index (κ1) is 14.2. The molecule has 0 aliphatic carbocycles. The molecular formula is C13H16ClN3OS. The molecule has 1 aromatic heterocycles. The van der Waals surface area contributed by atoms with Crippen LogP contribution in [0.3, 0.4) is 0 Å². The molecule has 6 heteroatoms. The van der Waals surface area contributed by atoms with Crippen LogP contribution >= 0.6 is 23.4 Å². The van der Waals surface area contributed by atoms with E-state index in [0.29, 0.717) is 28.2 Å². The molecule has 0 atom stereocenters. The summed E-state index contributed by atoms with van der Waals surface area (Å²) in [6.07, 6.45) is 0. The van der Waals surface area contributed by atoms with Crippen LogP contribution in [0.2, 0.25) is 5.02 Å². The molecule has 1 heterocycles. The average molecular weight is 298 g/mol. The summed E-state index contributed by atoms with van der Waals surface area (Å²) < 4.78 is 5.62. The van der Waals surface area contributed by atoms with Gasteiger partial charge in [0.05, 0.1) is 10.8 Å². The summed E-state index contributed by atoms with van der Waals surface area (Å²) in [5, 5.41) is 8.77. The Balaban J connectivity index is 2.06. The Labute approximate surface area is 121 Å². The number of halogens is 1. The van der Waals surface area contributed by atoms with Crippen LogP contribution in [0.5, 0.6) is 0 Å². The third kappa shape index (κ3) is 3.64. The minimum atomic E-state index is -0.134. The van der Waals surface area contributed by atoms with Crippen molar-refractivity contribution in [2.75, 3.05) is 5.73 Å². The molecule has 2 aromatic rings. The smallest absolute Gasteiger partial charge is 0.226 e. The van der Waals surface area contributed by atoms with Gasteiger partial charge in [0.2, 0.25) is 11.8 Å². The molecule has 0 aliphatic rings. The summed E-state index contributed by atoms with van der Waals surface area (Å²) in [4.78, 5) is 0.914. The molecule has 0 unspecified atom stereocenters. The lowest BCUT2D eigenvalue weighted by Gasteiger charge is -2.10. The van der Waals surface area contributed by atoms with Crippen molar-refractivity contribution in [3.8, 4) is 0 Å². The van der Waals surface area contributed by atoms with Crippen molar-refractivity contribution in [3.05, 3.63) is 35.0 Å². The SMILES string of the molecule is CC(C)(C)c1nnc(CSc2cc(N)ccc2Cl)o1. The molecule has 0 aliphatic heterocycles. The molecule has 2 rings (SSSR count). The lowest BCUT2D eigenvalue weighted by atomic mass is 9.97. The van der Waals surface area contributed by atoms with Crippen LogP contribution in [0.25, 0.3) is 0 Å². The highest BCUT2D eigenvalue weighted by molar-refractivity contribution is 7.98. The van der Waals surface area contributed by atoms with Crippen LogP contribution in [0, 0.1) is 0 Å². The van der Waals surface area contributed by atoms with Crippen LogP contribution in [0.15, 0.2) is 27.5 Å². The first-order chi connectivity index (χ1) is 8.86. The number of thioether (sulfide) groups is 1. The number of nitrogens with zero attached hydrogens (tertiary/aromatic N) is 2. The highest BCUT2D eigenvalue weighted by Gasteiger charge is 2.21. The molecule has 4 nitrogen and oxygen atoms in total. The molecule has 0 saturated carbocycles. The molecule has 0 amide bonds. The maximum atomic E-state index is 6.10. The molecule has 2 N–H and O–H groups in total. The number of rotatable bonds is 3. The van der Waals surface area contributed by atoms with E-state index in [9.17, 15) is 0 Å². The van der Waals surface area contributed by atoms with Crippen LogP contribution in [0.4, 0.5) is 5.69 Å². The summed E-state index contributed by atoms with van der Waals surface area (Å²) in [6, 6.07) is 5.40. The largest absolute Gasteiger partial charge is 0.424 e. The third-order valence-electron chi connectivity index (χ3n) is 2.41. The number of aromatic nitrogens is 2. The third-order valence-corrected chi connectivity index (χ3v) is 3.90. The van der Waals surface area contributed by atoms with Gasteiger partial charge in [-0.05, 0) is 18.2 Å². The Kier molecular flexibility index (Phi) is 4.06. The van der Waals surface area contributed by atoms with Gasteiger partial charge in [0.1, 0.15) is 0 Å². The fraction of sp³-hybridized carbons (Fsp3) is 0.385. The molecule has 0 radical (unpaired) electrons. The second-order valence-electron chi connectivity index (χ2n) is 5.23. The molecule has 0 spiro atoms. The van der Waals surface area contributed by atoms with E-state index in [4.69, 9.17) is 21.8 Å². The fourth-order valence-electron chi connectivity index (χ4n) is 1.39. The number of benzene rings is 1. The highest BCUT2D eigenvalue weighted by atomic mass is 35.5. The van der Waals surface area contributed by atoms with Gasteiger partial charge in [-0.3, -0.25) is 0 Å². The molecule has 0 bridgehead atoms. The molecule has 0 fully saturated rings. The molecular weight excluding hydrogens is 282 g/mol. The first-order valence-electron chi connectivity index (χ1n) is 5.87. The van der Waals surface area contributed by atoms with E-state index in [1.54, 1.807) is 12.1 Å². The summed E-state index contributed by atoms with van der Waals surface area (Å²) >= 11 is 7.63. The van der Waals surface area contributed by atoms with E-state index in [1.165, 1.54) is 11.8 Å². The maximum absolute atomic E-state index is 6.10. The summed E-state index contributed by atoms with van der Waals surface area (Å²) in [5.74, 6) is 1.81. The number of anilines is 1. The topological polar surface area (TPSA) is 64.9 Å². The number of hydrogen-bond acceptors (Lipinski definition) is 5. The van der Waals surface area contributed by atoms with Crippen molar-refractivity contribution in [3.63, 3.8) is 0 Å². The summed E-state index contributed by atoms with van der Waals surface area (Å²) in [7, 11) is 0. The second kappa shape index (κ2) is 5.43. The lowest BCUT2D eigenvalue weighted by Crippen LogP contribution is -2.11. The van der Waals surface area contributed by atoms with Crippen molar-refractivity contribution in [1.29, 1.82) is 0 Å². The van der Waals surface area contributed by atoms with Crippen LogP contribution in [-0.4, -0.2) is 10.2 Å². The Morgan fingerprint density at radius 2 is 2.05 bits per heavy atom. The quantitative estimate of drug-likeness (QED) is 0.687. The van der Waals surface area contributed by atoms with Gasteiger partial charge >= 0.3 is 0 Å². The van der Waals surface area contributed by atoms with Gasteiger partial charge in [-0.1, -0.05) is 32.4 Å². The van der Waals surface area contributed by atoms with E-state index in [-0.39, 0.29) is 5.41 Å². The van der Waals surface area contributed by atoms with Gasteiger partial charge in [0.25, 0.3) is 0 Å². The monoisotopic (exact) mass is 297 g/mol. The fourth-order valence-corrected chi connectivity index (χ4v) is 2.49. The predicted molar refractivity (Wildman–Crippen MR) is 78.4 cm³/mol. The van der Waals surface area contributed by atoms with E-state index in [1.807, 2.05) is 26.8 Å². The minimum absolute atomic E-state index is 0.134. The van der Waals surface area contributed by atoms with Crippen LogP contribution in [0.1, 0.15) is 32.6 Å². The highest BCUT2D eigenvalue weighted by Crippen LogP contribution is 2.31. The Morgan fingerprint density at radius 3 is 2.68 bits per heavy atom. The van der Waals surface area contributed by atoms with Crippen molar-refractivity contribution in [2.24, 2.45) is 0 Å². The molecule has 0 saturated heterocycles.